The van der Waals surface area contributed by atoms with Crippen LogP contribution in [0.1, 0.15) is 33.4 Å². The zero-order valence-corrected chi connectivity index (χ0v) is 11.9. The second-order valence-corrected chi connectivity index (χ2v) is 6.45. The fraction of sp³-hybridized carbons (Fsp3) is 0.333. The van der Waals surface area contributed by atoms with Gasteiger partial charge < -0.3 is 5.11 Å². The number of halogens is 2. The van der Waals surface area contributed by atoms with Crippen molar-refractivity contribution in [3.8, 4) is 0 Å². The second-order valence-electron chi connectivity index (χ2n) is 4.87. The van der Waals surface area contributed by atoms with E-state index in [4.69, 9.17) is 11.6 Å². The molecule has 0 radical (unpaired) electrons. The predicted octanol–water partition coefficient (Wildman–Crippen LogP) is 4.31. The maximum atomic E-state index is 13.7. The Bertz CT molecular complexity index is 566. The molecule has 2 aromatic rings. The summed E-state index contributed by atoms with van der Waals surface area (Å²) >= 11 is 7.63. The van der Waals surface area contributed by atoms with Crippen LogP contribution in [0, 0.1) is 5.82 Å². The summed E-state index contributed by atoms with van der Waals surface area (Å²) in [6.45, 7) is 0. The summed E-state index contributed by atoms with van der Waals surface area (Å²) in [5, 5.41) is 10.6. The van der Waals surface area contributed by atoms with Crippen molar-refractivity contribution in [2.24, 2.45) is 0 Å². The lowest BCUT2D eigenvalue weighted by molar-refractivity contribution is 0.181. The van der Waals surface area contributed by atoms with Crippen LogP contribution in [-0.4, -0.2) is 5.11 Å². The van der Waals surface area contributed by atoms with Gasteiger partial charge >= 0.3 is 0 Å². The fourth-order valence-electron chi connectivity index (χ4n) is 2.54. The molecule has 1 N–H and O–H groups in total. The van der Waals surface area contributed by atoms with Gasteiger partial charge in [0.15, 0.2) is 0 Å². The second kappa shape index (κ2) is 5.23. The van der Waals surface area contributed by atoms with E-state index in [1.54, 1.807) is 23.5 Å². The first-order valence-corrected chi connectivity index (χ1v) is 7.57. The summed E-state index contributed by atoms with van der Waals surface area (Å²) in [6.07, 6.45) is 2.96. The molecular weight excluding hydrogens is 283 g/mol. The van der Waals surface area contributed by atoms with Crippen LogP contribution in [0.4, 0.5) is 4.39 Å². The average molecular weight is 297 g/mol. The van der Waals surface area contributed by atoms with Gasteiger partial charge in [-0.15, -0.1) is 11.3 Å². The first-order valence-electron chi connectivity index (χ1n) is 6.37. The Morgan fingerprint density at radius 3 is 2.95 bits per heavy atom. The van der Waals surface area contributed by atoms with E-state index in [2.05, 4.69) is 6.07 Å². The normalized spacial score (nSPS) is 15.5. The first kappa shape index (κ1) is 13.1. The topological polar surface area (TPSA) is 20.2 Å². The summed E-state index contributed by atoms with van der Waals surface area (Å²) in [4.78, 5) is 2.29. The molecule has 1 heterocycles. The molecule has 0 saturated heterocycles. The van der Waals surface area contributed by atoms with Crippen molar-refractivity contribution in [2.45, 2.75) is 31.8 Å². The molecule has 1 atom stereocenters. The zero-order chi connectivity index (χ0) is 13.4. The molecule has 3 rings (SSSR count). The van der Waals surface area contributed by atoms with Crippen LogP contribution in [0.15, 0.2) is 24.3 Å². The van der Waals surface area contributed by atoms with Gasteiger partial charge in [-0.2, -0.15) is 0 Å². The molecule has 1 nitrogen and oxygen atoms in total. The van der Waals surface area contributed by atoms with E-state index in [1.807, 2.05) is 0 Å². The van der Waals surface area contributed by atoms with Crippen molar-refractivity contribution in [1.82, 2.24) is 0 Å². The Kier molecular flexibility index (Phi) is 3.61. The van der Waals surface area contributed by atoms with Crippen molar-refractivity contribution < 1.29 is 9.50 Å². The fourth-order valence-corrected chi connectivity index (χ4v) is 4.02. The molecular formula is C15H14ClFOS. The molecule has 19 heavy (non-hydrogen) atoms. The van der Waals surface area contributed by atoms with Gasteiger partial charge in [0.2, 0.25) is 0 Å². The highest BCUT2D eigenvalue weighted by atomic mass is 35.5. The molecule has 0 fully saturated rings. The van der Waals surface area contributed by atoms with E-state index in [-0.39, 0.29) is 12.2 Å². The SMILES string of the molecule is OC(Cc1c(F)cccc1Cl)c1cc2c(s1)CCC2. The van der Waals surface area contributed by atoms with Gasteiger partial charge in [-0.25, -0.2) is 4.39 Å². The molecule has 1 unspecified atom stereocenters. The van der Waals surface area contributed by atoms with Gasteiger partial charge in [-0.3, -0.25) is 0 Å². The minimum Gasteiger partial charge on any atom is -0.387 e. The van der Waals surface area contributed by atoms with E-state index in [1.165, 1.54) is 22.9 Å². The maximum Gasteiger partial charge on any atom is 0.127 e. The highest BCUT2D eigenvalue weighted by Gasteiger charge is 2.20. The molecule has 0 spiro atoms. The van der Waals surface area contributed by atoms with Gasteiger partial charge in [0.25, 0.3) is 0 Å². The minimum absolute atomic E-state index is 0.227. The minimum atomic E-state index is -0.676. The van der Waals surface area contributed by atoms with E-state index in [0.29, 0.717) is 10.6 Å². The van der Waals surface area contributed by atoms with Crippen LogP contribution >= 0.6 is 22.9 Å². The third kappa shape index (κ3) is 2.55. The number of hydrogen-bond donors (Lipinski definition) is 1. The zero-order valence-electron chi connectivity index (χ0n) is 10.3. The van der Waals surface area contributed by atoms with Gasteiger partial charge in [0.05, 0.1) is 6.10 Å². The average Bonchev–Trinajstić information content (AvgIpc) is 2.94. The Morgan fingerprint density at radius 1 is 1.37 bits per heavy atom. The van der Waals surface area contributed by atoms with Crippen molar-refractivity contribution in [2.75, 3.05) is 0 Å². The van der Waals surface area contributed by atoms with Crippen molar-refractivity contribution in [1.29, 1.82) is 0 Å². The lowest BCUT2D eigenvalue weighted by Crippen LogP contribution is -2.02. The van der Waals surface area contributed by atoms with Crippen LogP contribution in [0.3, 0.4) is 0 Å². The van der Waals surface area contributed by atoms with Crippen LogP contribution in [0.2, 0.25) is 5.02 Å². The summed E-state index contributed by atoms with van der Waals surface area (Å²) in [5.74, 6) is -0.351. The number of aliphatic hydroxyl groups excluding tert-OH is 1. The summed E-state index contributed by atoms with van der Waals surface area (Å²) in [7, 11) is 0. The largest absolute Gasteiger partial charge is 0.387 e. The van der Waals surface area contributed by atoms with E-state index in [0.717, 1.165) is 17.7 Å². The number of hydrogen-bond acceptors (Lipinski definition) is 2. The van der Waals surface area contributed by atoms with Gasteiger partial charge in [0.1, 0.15) is 5.82 Å². The smallest absolute Gasteiger partial charge is 0.127 e. The molecule has 1 aliphatic rings. The summed E-state index contributed by atoms with van der Waals surface area (Å²) < 4.78 is 13.7. The van der Waals surface area contributed by atoms with Crippen molar-refractivity contribution >= 4 is 22.9 Å². The van der Waals surface area contributed by atoms with Crippen LogP contribution in [0.5, 0.6) is 0 Å². The Hall–Kier alpha value is -0.900. The van der Waals surface area contributed by atoms with E-state index < -0.39 is 6.10 Å². The Balaban J connectivity index is 1.82. The highest BCUT2D eigenvalue weighted by molar-refractivity contribution is 7.12. The Labute approximate surface area is 120 Å². The molecule has 0 saturated carbocycles. The highest BCUT2D eigenvalue weighted by Crippen LogP contribution is 2.35. The monoisotopic (exact) mass is 296 g/mol. The summed E-state index contributed by atoms with van der Waals surface area (Å²) in [5.41, 5.74) is 1.74. The van der Waals surface area contributed by atoms with Crippen LogP contribution < -0.4 is 0 Å². The third-order valence-electron chi connectivity index (χ3n) is 3.55. The first-order chi connectivity index (χ1) is 9.15. The number of thiophene rings is 1. The number of fused-ring (bicyclic) bond motifs is 1. The van der Waals surface area contributed by atoms with Crippen molar-refractivity contribution in [3.05, 3.63) is 56.0 Å². The van der Waals surface area contributed by atoms with Gasteiger partial charge in [-0.05, 0) is 43.0 Å². The van der Waals surface area contributed by atoms with E-state index in [9.17, 15) is 9.50 Å². The lowest BCUT2D eigenvalue weighted by Gasteiger charge is -2.11. The molecule has 0 aliphatic heterocycles. The molecule has 1 aromatic carbocycles. The predicted molar refractivity (Wildman–Crippen MR) is 76.4 cm³/mol. The lowest BCUT2D eigenvalue weighted by atomic mass is 10.1. The number of rotatable bonds is 3. The van der Waals surface area contributed by atoms with Crippen LogP contribution in [0.25, 0.3) is 0 Å². The third-order valence-corrected chi connectivity index (χ3v) is 5.25. The van der Waals surface area contributed by atoms with Crippen molar-refractivity contribution in [3.63, 3.8) is 0 Å². The molecule has 1 aromatic heterocycles. The quantitative estimate of drug-likeness (QED) is 0.895. The molecule has 4 heteroatoms. The number of aliphatic hydroxyl groups is 1. The standard InChI is InChI=1S/C15H14ClFOS/c16-11-4-2-5-12(17)10(11)8-13(18)15-7-9-3-1-6-14(9)19-15/h2,4-5,7,13,18H,1,3,6,8H2. The van der Waals surface area contributed by atoms with Gasteiger partial charge in [-0.1, -0.05) is 17.7 Å². The molecule has 100 valence electrons. The number of aryl methyl sites for hydroxylation is 2. The molecule has 0 amide bonds. The van der Waals surface area contributed by atoms with Gasteiger partial charge in [0, 0.05) is 26.8 Å². The summed E-state index contributed by atoms with van der Waals surface area (Å²) in [6, 6.07) is 6.67. The number of benzene rings is 1. The molecule has 1 aliphatic carbocycles. The Morgan fingerprint density at radius 2 is 2.21 bits per heavy atom. The van der Waals surface area contributed by atoms with E-state index >= 15 is 0 Å². The molecule has 0 bridgehead atoms. The maximum absolute atomic E-state index is 13.7. The van der Waals surface area contributed by atoms with Crippen LogP contribution in [-0.2, 0) is 19.3 Å².